The van der Waals surface area contributed by atoms with Gasteiger partial charge >= 0.3 is 0 Å². The molecule has 8 rings (SSSR count). The number of nitrogens with one attached hydrogen (secondary N) is 2. The third kappa shape index (κ3) is 9.46. The van der Waals surface area contributed by atoms with E-state index in [2.05, 4.69) is 61.0 Å². The third-order valence-electron chi connectivity index (χ3n) is 19.5. The first-order valence-corrected chi connectivity index (χ1v) is 28.6. The fraction of sp³-hybridized carbons (Fsp3) is 0.830. The van der Waals surface area contributed by atoms with Gasteiger partial charge in [0.15, 0.2) is 11.7 Å². The Morgan fingerprint density at radius 2 is 1.78 bits per heavy atom. The molecule has 1 spiro atoms. The molecule has 5 saturated carbocycles. The van der Waals surface area contributed by atoms with Crippen molar-refractivity contribution in [1.82, 2.24) is 20.2 Å². The maximum absolute atomic E-state index is 15.1. The van der Waals surface area contributed by atoms with E-state index in [1.807, 2.05) is 34.1 Å². The Hall–Kier alpha value is -1.95. The van der Waals surface area contributed by atoms with Gasteiger partial charge in [-0.25, -0.2) is 4.98 Å². The first-order valence-electron chi connectivity index (χ1n) is 26.2. The summed E-state index contributed by atoms with van der Waals surface area (Å²) in [5, 5.41) is 77.4. The van der Waals surface area contributed by atoms with Crippen LogP contribution >= 0.6 is 21.6 Å². The quantitative estimate of drug-likeness (QED) is 0.0423. The van der Waals surface area contributed by atoms with E-state index >= 15 is 4.79 Å². The number of carbonyl (C=O) groups is 1. The Balaban J connectivity index is 1.29. The van der Waals surface area contributed by atoms with Crippen molar-refractivity contribution in [3.05, 3.63) is 41.5 Å². The molecule has 0 amide bonds. The molecule has 1 saturated heterocycles. The third-order valence-corrected chi connectivity index (χ3v) is 22.5. The number of aromatic nitrogens is 2. The highest BCUT2D eigenvalue weighted by atomic mass is 33.1. The van der Waals surface area contributed by atoms with E-state index in [1.165, 1.54) is 44.1 Å². The Bertz CT molecular complexity index is 2020. The number of carbonyl (C=O) groups excluding carboxylic acids is 1. The molecule has 1 aliphatic heterocycles. The number of guanidine groups is 1. The fourth-order valence-corrected chi connectivity index (χ4v) is 19.9. The highest BCUT2D eigenvalue weighted by Gasteiger charge is 2.73. The Labute approximate surface area is 414 Å². The van der Waals surface area contributed by atoms with E-state index in [9.17, 15) is 30.6 Å². The molecule has 6 aliphatic carbocycles. The number of allylic oxidation sites excluding steroid dienone is 2. The van der Waals surface area contributed by atoms with Crippen molar-refractivity contribution in [2.45, 2.75) is 179 Å². The molecule has 382 valence electrons. The summed E-state index contributed by atoms with van der Waals surface area (Å²) in [5.41, 5.74) is 7.01. The summed E-state index contributed by atoms with van der Waals surface area (Å²) < 4.78 is 2.26. The van der Waals surface area contributed by atoms with Crippen molar-refractivity contribution in [3.8, 4) is 0 Å². The van der Waals surface area contributed by atoms with E-state index in [-0.39, 0.29) is 71.7 Å². The van der Waals surface area contributed by atoms with Crippen LogP contribution in [-0.4, -0.2) is 120 Å². The second-order valence-corrected chi connectivity index (χ2v) is 26.7. The zero-order valence-electron chi connectivity index (χ0n) is 42.1. The molecule has 7 aliphatic rings. The largest absolute Gasteiger partial charge is 0.396 e. The SMILES string of the molecule is CNCC1C(O)C(O)CC2(C)C3C(=CC(=O)C12)C1(O)C2CC(C(C)C(O)CC(=C4CCCC5(CCCC5)C4)C(C)(C)CC(n4ccnc4)CSSC2CCCO)C1(C)CC3CN=C(N)NC(C)O. The topological polar surface area (TPSA) is 219 Å². The van der Waals surface area contributed by atoms with Gasteiger partial charge < -0.3 is 51.6 Å². The van der Waals surface area contributed by atoms with Crippen LogP contribution in [0.5, 0.6) is 0 Å². The minimum absolute atomic E-state index is 0.0197. The van der Waals surface area contributed by atoms with Gasteiger partial charge in [0.1, 0.15) is 6.23 Å². The number of hydrogen-bond acceptors (Lipinski definition) is 12. The number of fused-ring (bicyclic) bond motifs is 9. The van der Waals surface area contributed by atoms with E-state index in [1.54, 1.807) is 25.6 Å². The molecule has 0 radical (unpaired) electrons. The Kier molecular flexibility index (Phi) is 15.8. The van der Waals surface area contributed by atoms with Gasteiger partial charge in [0.2, 0.25) is 0 Å². The predicted molar refractivity (Wildman–Crippen MR) is 272 cm³/mol. The van der Waals surface area contributed by atoms with Crippen LogP contribution in [0.25, 0.3) is 0 Å². The smallest absolute Gasteiger partial charge is 0.190 e. The van der Waals surface area contributed by atoms with Crippen molar-refractivity contribution < 1.29 is 35.4 Å². The monoisotopic (exact) mass is 983 g/mol. The summed E-state index contributed by atoms with van der Waals surface area (Å²) in [6, 6.07) is 0.121. The van der Waals surface area contributed by atoms with Crippen molar-refractivity contribution in [1.29, 1.82) is 0 Å². The van der Waals surface area contributed by atoms with Crippen LogP contribution in [0.2, 0.25) is 0 Å². The van der Waals surface area contributed by atoms with Crippen LogP contribution in [0.15, 0.2) is 46.5 Å². The standard InChI is InChI=1S/C53H86N6O7S2/c1-31-37-20-39(53(66)40-22-42(63)46-36(28-55-7)47(65)43(64)26-50(46,5)45(40)34(23-51(37,53)6)27-57-48(54)58-32(2)61)44(13-11-19-60)68-67-29-35(59-18-17-56-30-59)25-49(3,4)38(21-41(31)62)33-12-10-16-52(24-33)14-8-9-15-52/h17-18,22,30-32,34-37,39,41,43-47,55,60-62,64-66H,8-16,19-21,23-29H2,1-7H3,(H3,54,57,58). The van der Waals surface area contributed by atoms with Crippen molar-refractivity contribution in [3.63, 3.8) is 0 Å². The summed E-state index contributed by atoms with van der Waals surface area (Å²) in [6.07, 6.45) is 17.6. The first kappa shape index (κ1) is 52.4. The average molecular weight is 983 g/mol. The van der Waals surface area contributed by atoms with Gasteiger partial charge in [0.25, 0.3) is 0 Å². The second-order valence-electron chi connectivity index (χ2n) is 24.1. The lowest BCUT2D eigenvalue weighted by atomic mass is 9.41. The number of nitrogens with zero attached hydrogens (tertiary/aromatic N) is 3. The molecule has 2 bridgehead atoms. The highest BCUT2D eigenvalue weighted by molar-refractivity contribution is 8.76. The van der Waals surface area contributed by atoms with Gasteiger partial charge in [-0.05, 0) is 149 Å². The fourth-order valence-electron chi connectivity index (χ4n) is 16.6. The molecule has 10 N–H and O–H groups in total. The number of nitrogens with two attached hydrogens (primary N) is 1. The lowest BCUT2D eigenvalue weighted by molar-refractivity contribution is -0.183. The number of imidazole rings is 1. The molecular weight excluding hydrogens is 897 g/mol. The predicted octanol–water partition coefficient (Wildman–Crippen LogP) is 6.54. The molecule has 2 heterocycles. The molecule has 15 heteroatoms. The van der Waals surface area contributed by atoms with Crippen LogP contribution < -0.4 is 16.4 Å². The van der Waals surface area contributed by atoms with E-state index in [0.717, 1.165) is 25.0 Å². The lowest BCUT2D eigenvalue weighted by Crippen LogP contribution is -2.67. The van der Waals surface area contributed by atoms with Crippen LogP contribution in [-0.2, 0) is 4.79 Å². The number of aliphatic hydroxyl groups excluding tert-OH is 5. The van der Waals surface area contributed by atoms with E-state index < -0.39 is 58.7 Å². The number of ketones is 1. The van der Waals surface area contributed by atoms with Crippen molar-refractivity contribution in [2.75, 3.05) is 32.5 Å². The maximum Gasteiger partial charge on any atom is 0.190 e. The minimum atomic E-state index is -1.50. The average Bonchev–Trinajstić information content (AvgIpc) is 4.03. The molecule has 13 nitrogen and oxygen atoms in total. The zero-order chi connectivity index (χ0) is 49.0. The summed E-state index contributed by atoms with van der Waals surface area (Å²) in [4.78, 5) is 24.5. The number of aliphatic imine (C=N–C) groups is 1. The zero-order valence-corrected chi connectivity index (χ0v) is 43.7. The molecule has 16 unspecified atom stereocenters. The van der Waals surface area contributed by atoms with Crippen molar-refractivity contribution in [2.24, 2.45) is 73.8 Å². The normalized spacial score (nSPS) is 43.5. The molecular formula is C53H86N6O7S2. The Morgan fingerprint density at radius 1 is 1.04 bits per heavy atom. The first-order chi connectivity index (χ1) is 32.2. The molecule has 16 atom stereocenters. The number of rotatable bonds is 9. The number of aliphatic hydroxyl groups is 6. The van der Waals surface area contributed by atoms with Gasteiger partial charge in [-0.3, -0.25) is 9.79 Å². The molecule has 68 heavy (non-hydrogen) atoms. The summed E-state index contributed by atoms with van der Waals surface area (Å²) >= 11 is 0. The van der Waals surface area contributed by atoms with Gasteiger partial charge in [-0.1, -0.05) is 80.2 Å². The summed E-state index contributed by atoms with van der Waals surface area (Å²) in [5.74, 6) is -1.79. The minimum Gasteiger partial charge on any atom is -0.396 e. The van der Waals surface area contributed by atoms with Gasteiger partial charge in [0, 0.05) is 72.3 Å². The van der Waals surface area contributed by atoms with Crippen LogP contribution in [0.4, 0.5) is 0 Å². The maximum atomic E-state index is 15.1. The second kappa shape index (κ2) is 20.5. The molecule has 1 aromatic rings. The number of hydrogen-bond donors (Lipinski definition) is 9. The van der Waals surface area contributed by atoms with Gasteiger partial charge in [0.05, 0.1) is 30.2 Å². The summed E-state index contributed by atoms with van der Waals surface area (Å²) in [6.45, 7) is 13.5. The van der Waals surface area contributed by atoms with E-state index in [4.69, 9.17) is 10.7 Å². The van der Waals surface area contributed by atoms with Crippen LogP contribution in [0.3, 0.4) is 0 Å². The van der Waals surface area contributed by atoms with Gasteiger partial charge in [-0.15, -0.1) is 0 Å². The lowest BCUT2D eigenvalue weighted by Gasteiger charge is -2.64. The van der Waals surface area contributed by atoms with Gasteiger partial charge in [-0.2, -0.15) is 0 Å². The molecule has 0 aromatic carbocycles. The molecule has 1 aromatic heterocycles. The highest BCUT2D eigenvalue weighted by Crippen LogP contribution is 2.73. The van der Waals surface area contributed by atoms with Crippen LogP contribution in [0, 0.1) is 63.1 Å². The molecule has 6 fully saturated rings. The van der Waals surface area contributed by atoms with Crippen LogP contribution in [0.1, 0.15) is 144 Å². The Morgan fingerprint density at radius 3 is 2.46 bits per heavy atom. The van der Waals surface area contributed by atoms with E-state index in [0.29, 0.717) is 49.6 Å². The van der Waals surface area contributed by atoms with Crippen molar-refractivity contribution >= 4 is 33.3 Å². The summed E-state index contributed by atoms with van der Waals surface area (Å²) in [7, 11) is 5.45.